The SMILES string of the molecule is CCc1cccc(NC(=O)NCCNc2cc(-n3cccn3)ncn2)c1. The van der Waals surface area contributed by atoms with E-state index >= 15 is 0 Å². The Balaban J connectivity index is 1.44. The predicted octanol–water partition coefficient (Wildman–Crippen LogP) is 2.46. The first-order valence-electron chi connectivity index (χ1n) is 8.44. The zero-order valence-electron chi connectivity index (χ0n) is 14.5. The number of aryl methyl sites for hydroxylation is 1. The van der Waals surface area contributed by atoms with Crippen LogP contribution < -0.4 is 16.0 Å². The van der Waals surface area contributed by atoms with Crippen molar-refractivity contribution in [1.29, 1.82) is 0 Å². The van der Waals surface area contributed by atoms with Gasteiger partial charge < -0.3 is 16.0 Å². The molecule has 1 aromatic carbocycles. The van der Waals surface area contributed by atoms with Gasteiger partial charge in [0.15, 0.2) is 5.82 Å². The molecule has 0 fully saturated rings. The first-order chi connectivity index (χ1) is 12.7. The van der Waals surface area contributed by atoms with Gasteiger partial charge in [0.25, 0.3) is 0 Å². The predicted molar refractivity (Wildman–Crippen MR) is 100 cm³/mol. The molecule has 3 aromatic rings. The second kappa shape index (κ2) is 8.61. The molecular formula is C18H21N7O. The molecule has 134 valence electrons. The van der Waals surface area contributed by atoms with Gasteiger partial charge in [-0.2, -0.15) is 5.10 Å². The third kappa shape index (κ3) is 4.79. The van der Waals surface area contributed by atoms with Crippen LogP contribution in [0.4, 0.5) is 16.3 Å². The fourth-order valence-electron chi connectivity index (χ4n) is 2.38. The molecule has 0 unspecified atom stereocenters. The maximum absolute atomic E-state index is 11.9. The molecule has 2 amide bonds. The molecule has 2 aromatic heterocycles. The van der Waals surface area contributed by atoms with E-state index in [1.165, 1.54) is 11.9 Å². The van der Waals surface area contributed by atoms with Crippen LogP contribution in [0.2, 0.25) is 0 Å². The van der Waals surface area contributed by atoms with Crippen molar-refractivity contribution >= 4 is 17.5 Å². The molecule has 0 bridgehead atoms. The number of anilines is 2. The van der Waals surface area contributed by atoms with Gasteiger partial charge >= 0.3 is 6.03 Å². The van der Waals surface area contributed by atoms with Crippen molar-refractivity contribution in [2.75, 3.05) is 23.7 Å². The summed E-state index contributed by atoms with van der Waals surface area (Å²) in [5, 5.41) is 12.9. The maximum atomic E-state index is 11.9. The number of nitrogens with one attached hydrogen (secondary N) is 3. The smallest absolute Gasteiger partial charge is 0.319 e. The maximum Gasteiger partial charge on any atom is 0.319 e. The fraction of sp³-hybridized carbons (Fsp3) is 0.222. The number of carbonyl (C=O) groups is 1. The van der Waals surface area contributed by atoms with E-state index in [4.69, 9.17) is 0 Å². The Bertz CT molecular complexity index is 848. The number of hydrogen-bond acceptors (Lipinski definition) is 5. The van der Waals surface area contributed by atoms with Gasteiger partial charge in [-0.15, -0.1) is 0 Å². The molecule has 0 saturated heterocycles. The minimum Gasteiger partial charge on any atom is -0.368 e. The molecule has 8 nitrogen and oxygen atoms in total. The number of rotatable bonds is 7. The Kier molecular flexibility index (Phi) is 5.76. The van der Waals surface area contributed by atoms with E-state index in [0.717, 1.165) is 12.1 Å². The Morgan fingerprint density at radius 1 is 1.15 bits per heavy atom. The Morgan fingerprint density at radius 2 is 2.08 bits per heavy atom. The van der Waals surface area contributed by atoms with Crippen molar-refractivity contribution in [2.45, 2.75) is 13.3 Å². The highest BCUT2D eigenvalue weighted by Crippen LogP contribution is 2.11. The van der Waals surface area contributed by atoms with Gasteiger partial charge in [-0.05, 0) is 30.2 Å². The van der Waals surface area contributed by atoms with E-state index in [1.807, 2.05) is 36.5 Å². The monoisotopic (exact) mass is 351 g/mol. The number of benzene rings is 1. The molecule has 3 N–H and O–H groups in total. The van der Waals surface area contributed by atoms with E-state index < -0.39 is 0 Å². The lowest BCUT2D eigenvalue weighted by atomic mass is 10.1. The standard InChI is InChI=1S/C18H21N7O/c1-2-14-5-3-6-15(11-14)24-18(26)20-9-8-19-16-12-17(22-13-21-16)25-10-4-7-23-25/h3-7,10-13H,2,8-9H2,1H3,(H,19,21,22)(H2,20,24,26). The molecule has 0 spiro atoms. The van der Waals surface area contributed by atoms with E-state index in [-0.39, 0.29) is 6.03 Å². The normalized spacial score (nSPS) is 10.3. The number of nitrogens with zero attached hydrogens (tertiary/aromatic N) is 4. The van der Waals surface area contributed by atoms with Crippen molar-refractivity contribution < 1.29 is 4.79 Å². The highest BCUT2D eigenvalue weighted by atomic mass is 16.2. The lowest BCUT2D eigenvalue weighted by Crippen LogP contribution is -2.32. The molecule has 0 aliphatic carbocycles. The third-order valence-corrected chi connectivity index (χ3v) is 3.70. The average molecular weight is 351 g/mol. The fourth-order valence-corrected chi connectivity index (χ4v) is 2.38. The lowest BCUT2D eigenvalue weighted by Gasteiger charge is -2.10. The Morgan fingerprint density at radius 3 is 2.88 bits per heavy atom. The molecule has 0 saturated carbocycles. The van der Waals surface area contributed by atoms with E-state index in [0.29, 0.717) is 24.7 Å². The first kappa shape index (κ1) is 17.4. The topological polar surface area (TPSA) is 96.8 Å². The van der Waals surface area contributed by atoms with Gasteiger partial charge in [0, 0.05) is 37.2 Å². The Hall–Kier alpha value is -3.42. The average Bonchev–Trinajstić information content (AvgIpc) is 3.20. The van der Waals surface area contributed by atoms with Gasteiger partial charge in [0.05, 0.1) is 0 Å². The van der Waals surface area contributed by atoms with Gasteiger partial charge in [-0.25, -0.2) is 19.4 Å². The van der Waals surface area contributed by atoms with Crippen LogP contribution in [0.25, 0.3) is 5.82 Å². The number of amides is 2. The minimum atomic E-state index is -0.236. The van der Waals surface area contributed by atoms with Crippen LogP contribution in [0.1, 0.15) is 12.5 Å². The largest absolute Gasteiger partial charge is 0.368 e. The molecule has 3 rings (SSSR count). The summed E-state index contributed by atoms with van der Waals surface area (Å²) < 4.78 is 1.66. The minimum absolute atomic E-state index is 0.236. The highest BCUT2D eigenvalue weighted by Gasteiger charge is 2.03. The molecule has 2 heterocycles. The van der Waals surface area contributed by atoms with Crippen molar-refractivity contribution in [1.82, 2.24) is 25.1 Å². The molecule has 0 aliphatic rings. The van der Waals surface area contributed by atoms with Crippen LogP contribution in [0, 0.1) is 0 Å². The van der Waals surface area contributed by atoms with E-state index in [2.05, 4.69) is 37.9 Å². The van der Waals surface area contributed by atoms with E-state index in [9.17, 15) is 4.79 Å². The van der Waals surface area contributed by atoms with Crippen molar-refractivity contribution in [2.24, 2.45) is 0 Å². The quantitative estimate of drug-likeness (QED) is 0.568. The number of hydrogen-bond donors (Lipinski definition) is 3. The van der Waals surface area contributed by atoms with Crippen LogP contribution in [0.15, 0.2) is 55.1 Å². The van der Waals surface area contributed by atoms with Gasteiger partial charge in [-0.3, -0.25) is 0 Å². The summed E-state index contributed by atoms with van der Waals surface area (Å²) >= 11 is 0. The number of urea groups is 1. The van der Waals surface area contributed by atoms with Crippen molar-refractivity contribution in [3.8, 4) is 5.82 Å². The van der Waals surface area contributed by atoms with Gasteiger partial charge in [0.1, 0.15) is 12.1 Å². The van der Waals surface area contributed by atoms with Gasteiger partial charge in [-0.1, -0.05) is 19.1 Å². The summed E-state index contributed by atoms with van der Waals surface area (Å²) in [6, 6.07) is 11.2. The zero-order chi connectivity index (χ0) is 18.2. The molecule has 0 atom stereocenters. The van der Waals surface area contributed by atoms with Crippen LogP contribution >= 0.6 is 0 Å². The molecule has 0 aliphatic heterocycles. The molecular weight excluding hydrogens is 330 g/mol. The summed E-state index contributed by atoms with van der Waals surface area (Å²) in [5.41, 5.74) is 1.97. The molecule has 0 radical (unpaired) electrons. The molecule has 26 heavy (non-hydrogen) atoms. The summed E-state index contributed by atoms with van der Waals surface area (Å²) in [4.78, 5) is 20.3. The van der Waals surface area contributed by atoms with Crippen molar-refractivity contribution in [3.05, 3.63) is 60.7 Å². The summed E-state index contributed by atoms with van der Waals surface area (Å²) in [5.74, 6) is 1.34. The van der Waals surface area contributed by atoms with Crippen LogP contribution in [0.5, 0.6) is 0 Å². The second-order valence-corrected chi connectivity index (χ2v) is 5.57. The van der Waals surface area contributed by atoms with Crippen LogP contribution in [0.3, 0.4) is 0 Å². The van der Waals surface area contributed by atoms with E-state index in [1.54, 1.807) is 16.9 Å². The lowest BCUT2D eigenvalue weighted by molar-refractivity contribution is 0.252. The van der Waals surface area contributed by atoms with Crippen LogP contribution in [-0.4, -0.2) is 38.9 Å². The number of aromatic nitrogens is 4. The number of carbonyl (C=O) groups excluding carboxylic acids is 1. The Labute approximate surface area is 151 Å². The van der Waals surface area contributed by atoms with Gasteiger partial charge in [0.2, 0.25) is 0 Å². The summed E-state index contributed by atoms with van der Waals surface area (Å²) in [7, 11) is 0. The van der Waals surface area contributed by atoms with Crippen LogP contribution in [-0.2, 0) is 6.42 Å². The summed E-state index contributed by atoms with van der Waals surface area (Å²) in [6.07, 6.45) is 5.90. The zero-order valence-corrected chi connectivity index (χ0v) is 14.5. The van der Waals surface area contributed by atoms with Crippen molar-refractivity contribution in [3.63, 3.8) is 0 Å². The summed E-state index contributed by atoms with van der Waals surface area (Å²) in [6.45, 7) is 3.08. The highest BCUT2D eigenvalue weighted by molar-refractivity contribution is 5.89. The molecule has 8 heteroatoms. The second-order valence-electron chi connectivity index (χ2n) is 5.57. The first-order valence-corrected chi connectivity index (χ1v) is 8.44. The third-order valence-electron chi connectivity index (χ3n) is 3.70.